The fourth-order valence-electron chi connectivity index (χ4n) is 2.16. The van der Waals surface area contributed by atoms with Crippen molar-refractivity contribution in [3.8, 4) is 0 Å². The minimum absolute atomic E-state index is 0.586. The van der Waals surface area contributed by atoms with Crippen molar-refractivity contribution < 1.29 is 9.90 Å². The maximum atomic E-state index is 11.1. The van der Waals surface area contributed by atoms with Gasteiger partial charge in [0.1, 0.15) is 0 Å². The van der Waals surface area contributed by atoms with E-state index in [1.54, 1.807) is 0 Å². The topological polar surface area (TPSA) is 40.5 Å². The molecule has 1 saturated heterocycles. The van der Waals surface area contributed by atoms with Gasteiger partial charge in [0.2, 0.25) is 0 Å². The van der Waals surface area contributed by atoms with Crippen molar-refractivity contribution in [2.45, 2.75) is 19.8 Å². The quantitative estimate of drug-likeness (QED) is 0.881. The minimum atomic E-state index is -0.698. The lowest BCUT2D eigenvalue weighted by atomic mass is 9.80. The average molecular weight is 254 g/mol. The molecule has 0 spiro atoms. The number of rotatable bonds is 2. The number of carbonyl (C=O) groups is 1. The van der Waals surface area contributed by atoms with Crippen LogP contribution in [0.4, 0.5) is 5.69 Å². The summed E-state index contributed by atoms with van der Waals surface area (Å²) in [5.74, 6) is -0.698. The number of nitrogens with zero attached hydrogens (tertiary/aromatic N) is 1. The molecule has 1 heterocycles. The van der Waals surface area contributed by atoms with Gasteiger partial charge in [-0.15, -0.1) is 0 Å². The smallest absolute Gasteiger partial charge is 0.309 e. The fraction of sp³-hybridized carbons (Fsp3) is 0.462. The first kappa shape index (κ1) is 12.2. The first-order valence-corrected chi connectivity index (χ1v) is 6.14. The highest BCUT2D eigenvalue weighted by Gasteiger charge is 2.37. The summed E-state index contributed by atoms with van der Waals surface area (Å²) in [5.41, 5.74) is 0.416. The third kappa shape index (κ3) is 2.39. The molecule has 0 amide bonds. The molecule has 3 nitrogen and oxygen atoms in total. The number of carboxylic acid groups (broad SMARTS) is 1. The highest BCUT2D eigenvalue weighted by Crippen LogP contribution is 2.35. The molecule has 17 heavy (non-hydrogen) atoms. The van der Waals surface area contributed by atoms with Crippen molar-refractivity contribution in [1.29, 1.82) is 0 Å². The van der Waals surface area contributed by atoms with E-state index in [4.69, 9.17) is 16.7 Å². The largest absolute Gasteiger partial charge is 0.481 e. The fourth-order valence-corrected chi connectivity index (χ4v) is 2.42. The summed E-state index contributed by atoms with van der Waals surface area (Å²) in [5, 5.41) is 9.89. The van der Waals surface area contributed by atoms with Gasteiger partial charge in [0.15, 0.2) is 0 Å². The molecular weight excluding hydrogens is 238 g/mol. The van der Waals surface area contributed by atoms with Gasteiger partial charge in [0.25, 0.3) is 0 Å². The first-order chi connectivity index (χ1) is 8.03. The van der Waals surface area contributed by atoms with E-state index in [1.807, 2.05) is 31.2 Å². The van der Waals surface area contributed by atoms with Gasteiger partial charge in [0, 0.05) is 13.1 Å². The number of anilines is 1. The second kappa shape index (κ2) is 4.57. The van der Waals surface area contributed by atoms with Crippen molar-refractivity contribution in [2.24, 2.45) is 5.41 Å². The summed E-state index contributed by atoms with van der Waals surface area (Å²) in [6.07, 6.45) is 1.32. The standard InChI is InChI=1S/C13H16ClNO2/c1-13(12(16)17)6-8-15(9-7-13)11-5-3-2-4-10(11)14/h2-5H,6-9H2,1H3,(H,16,17). The van der Waals surface area contributed by atoms with E-state index < -0.39 is 11.4 Å². The Kier molecular flexibility index (Phi) is 3.29. The second-order valence-corrected chi connectivity index (χ2v) is 5.21. The molecule has 4 heteroatoms. The van der Waals surface area contributed by atoms with E-state index in [1.165, 1.54) is 0 Å². The predicted octanol–water partition coefficient (Wildman–Crippen LogP) is 3.03. The number of para-hydroxylation sites is 1. The summed E-state index contributed by atoms with van der Waals surface area (Å²) in [4.78, 5) is 13.3. The van der Waals surface area contributed by atoms with Gasteiger partial charge in [-0.3, -0.25) is 4.79 Å². The Morgan fingerprint density at radius 2 is 1.94 bits per heavy atom. The molecule has 0 saturated carbocycles. The van der Waals surface area contributed by atoms with E-state index in [-0.39, 0.29) is 0 Å². The Bertz CT molecular complexity index is 425. The molecule has 1 N–H and O–H groups in total. The number of hydrogen-bond donors (Lipinski definition) is 1. The van der Waals surface area contributed by atoms with E-state index in [2.05, 4.69) is 4.90 Å². The van der Waals surface area contributed by atoms with Gasteiger partial charge in [-0.1, -0.05) is 23.7 Å². The van der Waals surface area contributed by atoms with Gasteiger partial charge in [-0.2, -0.15) is 0 Å². The highest BCUT2D eigenvalue weighted by atomic mass is 35.5. The summed E-state index contributed by atoms with van der Waals surface area (Å²) >= 11 is 6.13. The summed E-state index contributed by atoms with van der Waals surface area (Å²) < 4.78 is 0. The lowest BCUT2D eigenvalue weighted by Gasteiger charge is -2.38. The van der Waals surface area contributed by atoms with E-state index >= 15 is 0 Å². The molecule has 0 unspecified atom stereocenters. The zero-order chi connectivity index (χ0) is 12.5. The highest BCUT2D eigenvalue weighted by molar-refractivity contribution is 6.33. The van der Waals surface area contributed by atoms with Crippen LogP contribution < -0.4 is 4.90 Å². The van der Waals surface area contributed by atoms with Crippen molar-refractivity contribution >= 4 is 23.3 Å². The maximum Gasteiger partial charge on any atom is 0.309 e. The zero-order valence-electron chi connectivity index (χ0n) is 9.82. The molecule has 1 aromatic rings. The molecule has 0 aromatic heterocycles. The molecule has 1 aliphatic heterocycles. The molecule has 0 atom stereocenters. The number of aliphatic carboxylic acids is 1. The average Bonchev–Trinajstić information content (AvgIpc) is 2.31. The minimum Gasteiger partial charge on any atom is -0.481 e. The Hall–Kier alpha value is -1.22. The van der Waals surface area contributed by atoms with Crippen LogP contribution in [0, 0.1) is 5.41 Å². The van der Waals surface area contributed by atoms with Gasteiger partial charge in [-0.05, 0) is 31.9 Å². The van der Waals surface area contributed by atoms with E-state index in [9.17, 15) is 4.79 Å². The number of hydrogen-bond acceptors (Lipinski definition) is 2. The lowest BCUT2D eigenvalue weighted by molar-refractivity contribution is -0.149. The summed E-state index contributed by atoms with van der Waals surface area (Å²) in [6, 6.07) is 7.69. The monoisotopic (exact) mass is 253 g/mol. The van der Waals surface area contributed by atoms with Crippen LogP contribution in [-0.4, -0.2) is 24.2 Å². The van der Waals surface area contributed by atoms with E-state index in [0.29, 0.717) is 12.8 Å². The molecule has 92 valence electrons. The molecule has 0 aliphatic carbocycles. The second-order valence-electron chi connectivity index (χ2n) is 4.80. The van der Waals surface area contributed by atoms with Gasteiger partial charge < -0.3 is 10.0 Å². The predicted molar refractivity (Wildman–Crippen MR) is 68.6 cm³/mol. The molecule has 1 aromatic carbocycles. The Balaban J connectivity index is 2.10. The van der Waals surface area contributed by atoms with Crippen molar-refractivity contribution in [3.05, 3.63) is 29.3 Å². The van der Waals surface area contributed by atoms with Crippen LogP contribution in [-0.2, 0) is 4.79 Å². The third-order valence-electron chi connectivity index (χ3n) is 3.58. The van der Waals surface area contributed by atoms with E-state index in [0.717, 1.165) is 23.8 Å². The SMILES string of the molecule is CC1(C(=O)O)CCN(c2ccccc2Cl)CC1. The number of carboxylic acids is 1. The Labute approximate surface area is 106 Å². The molecule has 2 rings (SSSR count). The summed E-state index contributed by atoms with van der Waals surface area (Å²) in [7, 11) is 0. The van der Waals surface area contributed by atoms with Crippen molar-refractivity contribution in [3.63, 3.8) is 0 Å². The van der Waals surface area contributed by atoms with Crippen LogP contribution in [0.15, 0.2) is 24.3 Å². The van der Waals surface area contributed by atoms with Crippen LogP contribution >= 0.6 is 11.6 Å². The van der Waals surface area contributed by atoms with Crippen molar-refractivity contribution in [1.82, 2.24) is 0 Å². The third-order valence-corrected chi connectivity index (χ3v) is 3.90. The van der Waals surface area contributed by atoms with Crippen LogP contribution in [0.25, 0.3) is 0 Å². The molecule has 1 aliphatic rings. The number of piperidine rings is 1. The van der Waals surface area contributed by atoms with Crippen molar-refractivity contribution in [2.75, 3.05) is 18.0 Å². The first-order valence-electron chi connectivity index (χ1n) is 5.76. The summed E-state index contributed by atoms with van der Waals surface area (Å²) in [6.45, 7) is 3.30. The Morgan fingerprint density at radius 1 is 1.35 bits per heavy atom. The van der Waals surface area contributed by atoms with Crippen LogP contribution in [0.3, 0.4) is 0 Å². The lowest BCUT2D eigenvalue weighted by Crippen LogP contribution is -2.42. The Morgan fingerprint density at radius 3 is 2.47 bits per heavy atom. The zero-order valence-corrected chi connectivity index (χ0v) is 10.6. The number of benzene rings is 1. The molecular formula is C13H16ClNO2. The normalized spacial score (nSPS) is 19.1. The van der Waals surface area contributed by atoms with Gasteiger partial charge in [0.05, 0.1) is 16.1 Å². The molecule has 1 fully saturated rings. The maximum absolute atomic E-state index is 11.1. The van der Waals surface area contributed by atoms with Crippen LogP contribution in [0.5, 0.6) is 0 Å². The van der Waals surface area contributed by atoms with Gasteiger partial charge >= 0.3 is 5.97 Å². The van der Waals surface area contributed by atoms with Gasteiger partial charge in [-0.25, -0.2) is 0 Å². The number of halogens is 1. The molecule has 0 bridgehead atoms. The van der Waals surface area contributed by atoms with Crippen LogP contribution in [0.1, 0.15) is 19.8 Å². The molecule has 0 radical (unpaired) electrons. The van der Waals surface area contributed by atoms with Crippen LogP contribution in [0.2, 0.25) is 5.02 Å².